The highest BCUT2D eigenvalue weighted by Crippen LogP contribution is 2.31. The average Bonchev–Trinajstić information content (AvgIpc) is 2.73. The second kappa shape index (κ2) is 5.65. The van der Waals surface area contributed by atoms with E-state index in [1.54, 1.807) is 0 Å². The number of nitrogens with one attached hydrogen (secondary N) is 1. The summed E-state index contributed by atoms with van der Waals surface area (Å²) in [7, 11) is 0. The van der Waals surface area contributed by atoms with Crippen molar-refractivity contribution in [3.8, 4) is 0 Å². The molecule has 2 atom stereocenters. The molecular formula is C15H24N2. The van der Waals surface area contributed by atoms with Crippen LogP contribution in [0.3, 0.4) is 0 Å². The van der Waals surface area contributed by atoms with Crippen molar-refractivity contribution >= 4 is 0 Å². The smallest absolute Gasteiger partial charge is 0.0270 e. The first-order valence-corrected chi connectivity index (χ1v) is 6.79. The van der Waals surface area contributed by atoms with Gasteiger partial charge in [0.15, 0.2) is 0 Å². The van der Waals surface area contributed by atoms with Crippen LogP contribution < -0.4 is 11.3 Å². The quantitative estimate of drug-likeness (QED) is 0.605. The molecule has 0 aliphatic heterocycles. The lowest BCUT2D eigenvalue weighted by Crippen LogP contribution is -2.45. The fourth-order valence-corrected chi connectivity index (χ4v) is 3.25. The summed E-state index contributed by atoms with van der Waals surface area (Å²) in [6.07, 6.45) is 4.85. The zero-order chi connectivity index (χ0) is 12.3. The number of nitrogens with two attached hydrogens (primary N) is 1. The summed E-state index contributed by atoms with van der Waals surface area (Å²) in [4.78, 5) is 0. The van der Waals surface area contributed by atoms with Crippen molar-refractivity contribution in [1.29, 1.82) is 0 Å². The summed E-state index contributed by atoms with van der Waals surface area (Å²) in [5.74, 6) is 7.09. The highest BCUT2D eigenvalue weighted by atomic mass is 15.2. The highest BCUT2D eigenvalue weighted by molar-refractivity contribution is 5.32. The van der Waals surface area contributed by atoms with Crippen LogP contribution in [0.2, 0.25) is 0 Å². The predicted molar refractivity (Wildman–Crippen MR) is 72.5 cm³/mol. The van der Waals surface area contributed by atoms with E-state index in [0.29, 0.717) is 17.9 Å². The highest BCUT2D eigenvalue weighted by Gasteiger charge is 2.30. The standard InChI is InChI=1S/C15H24N2/c1-3-6-11(2)15(17-16)14-9-12-7-4-5-8-13(12)10-14/h4-5,7-8,11,14-15,17H,3,6,9-10,16H2,1-2H3. The van der Waals surface area contributed by atoms with Crippen molar-refractivity contribution in [3.63, 3.8) is 0 Å². The minimum atomic E-state index is 0.447. The van der Waals surface area contributed by atoms with Crippen molar-refractivity contribution in [2.75, 3.05) is 0 Å². The lowest BCUT2D eigenvalue weighted by atomic mass is 9.85. The van der Waals surface area contributed by atoms with Gasteiger partial charge < -0.3 is 0 Å². The van der Waals surface area contributed by atoms with Gasteiger partial charge in [0.1, 0.15) is 0 Å². The van der Waals surface area contributed by atoms with Crippen molar-refractivity contribution in [2.24, 2.45) is 17.7 Å². The van der Waals surface area contributed by atoms with E-state index in [-0.39, 0.29) is 0 Å². The minimum Gasteiger partial charge on any atom is -0.271 e. The van der Waals surface area contributed by atoms with Crippen LogP contribution >= 0.6 is 0 Å². The maximum Gasteiger partial charge on any atom is 0.0270 e. The zero-order valence-electron chi connectivity index (χ0n) is 10.9. The Labute approximate surface area is 105 Å². The van der Waals surface area contributed by atoms with E-state index in [1.807, 2.05) is 0 Å². The molecular weight excluding hydrogens is 208 g/mol. The van der Waals surface area contributed by atoms with E-state index < -0.39 is 0 Å². The molecule has 1 aliphatic carbocycles. The Hall–Kier alpha value is -0.860. The molecule has 0 bridgehead atoms. The maximum atomic E-state index is 5.77. The number of hydrazine groups is 1. The number of rotatable bonds is 5. The van der Waals surface area contributed by atoms with Crippen LogP contribution in [-0.4, -0.2) is 6.04 Å². The third kappa shape index (κ3) is 2.70. The van der Waals surface area contributed by atoms with Gasteiger partial charge in [-0.1, -0.05) is 44.5 Å². The number of hydrogen-bond acceptors (Lipinski definition) is 2. The molecule has 0 heterocycles. The van der Waals surface area contributed by atoms with Gasteiger partial charge in [-0.2, -0.15) is 0 Å². The summed E-state index contributed by atoms with van der Waals surface area (Å²) in [6, 6.07) is 9.24. The monoisotopic (exact) mass is 232 g/mol. The van der Waals surface area contributed by atoms with Crippen molar-refractivity contribution in [2.45, 2.75) is 45.6 Å². The molecule has 0 fully saturated rings. The van der Waals surface area contributed by atoms with Crippen molar-refractivity contribution in [1.82, 2.24) is 5.43 Å². The van der Waals surface area contributed by atoms with E-state index in [4.69, 9.17) is 5.84 Å². The summed E-state index contributed by atoms with van der Waals surface area (Å²) in [6.45, 7) is 4.56. The minimum absolute atomic E-state index is 0.447. The first-order chi connectivity index (χ1) is 8.26. The van der Waals surface area contributed by atoms with E-state index >= 15 is 0 Å². The van der Waals surface area contributed by atoms with Crippen molar-refractivity contribution in [3.05, 3.63) is 35.4 Å². The van der Waals surface area contributed by atoms with Gasteiger partial charge in [0.2, 0.25) is 0 Å². The Balaban J connectivity index is 2.05. The Morgan fingerprint density at radius 1 is 1.29 bits per heavy atom. The Morgan fingerprint density at radius 3 is 2.35 bits per heavy atom. The molecule has 17 heavy (non-hydrogen) atoms. The van der Waals surface area contributed by atoms with Gasteiger partial charge in [-0.3, -0.25) is 11.3 Å². The first-order valence-electron chi connectivity index (χ1n) is 6.79. The number of benzene rings is 1. The fraction of sp³-hybridized carbons (Fsp3) is 0.600. The molecule has 0 aromatic heterocycles. The molecule has 2 nitrogen and oxygen atoms in total. The topological polar surface area (TPSA) is 38.0 Å². The molecule has 2 unspecified atom stereocenters. The molecule has 0 saturated carbocycles. The molecule has 2 rings (SSSR count). The van der Waals surface area contributed by atoms with Gasteiger partial charge in [-0.05, 0) is 42.2 Å². The molecule has 2 heteroatoms. The van der Waals surface area contributed by atoms with E-state index in [9.17, 15) is 0 Å². The van der Waals surface area contributed by atoms with Gasteiger partial charge in [-0.25, -0.2) is 0 Å². The summed E-state index contributed by atoms with van der Waals surface area (Å²) in [5.41, 5.74) is 6.09. The predicted octanol–water partition coefficient (Wildman–Crippen LogP) is 2.67. The summed E-state index contributed by atoms with van der Waals surface area (Å²) >= 11 is 0. The molecule has 94 valence electrons. The molecule has 1 aromatic carbocycles. The SMILES string of the molecule is CCCC(C)C(NN)C1Cc2ccccc2C1. The van der Waals surface area contributed by atoms with Crippen LogP contribution in [0.4, 0.5) is 0 Å². The lowest BCUT2D eigenvalue weighted by Gasteiger charge is -2.28. The zero-order valence-corrected chi connectivity index (χ0v) is 10.9. The Morgan fingerprint density at radius 2 is 1.88 bits per heavy atom. The molecule has 1 aliphatic rings. The van der Waals surface area contributed by atoms with Gasteiger partial charge in [0.25, 0.3) is 0 Å². The van der Waals surface area contributed by atoms with Crippen LogP contribution in [0.5, 0.6) is 0 Å². The van der Waals surface area contributed by atoms with E-state index in [0.717, 1.165) is 0 Å². The second-order valence-electron chi connectivity index (χ2n) is 5.40. The normalized spacial score (nSPS) is 19.0. The third-order valence-corrected chi connectivity index (χ3v) is 4.14. The van der Waals surface area contributed by atoms with Crippen LogP contribution in [0.25, 0.3) is 0 Å². The van der Waals surface area contributed by atoms with Gasteiger partial charge in [0.05, 0.1) is 0 Å². The van der Waals surface area contributed by atoms with Gasteiger partial charge >= 0.3 is 0 Å². The Kier molecular flexibility index (Phi) is 4.19. The fourth-order valence-electron chi connectivity index (χ4n) is 3.25. The lowest BCUT2D eigenvalue weighted by molar-refractivity contribution is 0.265. The molecule has 1 aromatic rings. The molecule has 0 amide bonds. The number of fused-ring (bicyclic) bond motifs is 1. The third-order valence-electron chi connectivity index (χ3n) is 4.14. The molecule has 0 radical (unpaired) electrons. The van der Waals surface area contributed by atoms with Gasteiger partial charge in [-0.15, -0.1) is 0 Å². The van der Waals surface area contributed by atoms with Crippen molar-refractivity contribution < 1.29 is 0 Å². The first kappa shape index (κ1) is 12.6. The van der Waals surface area contributed by atoms with Crippen LogP contribution in [-0.2, 0) is 12.8 Å². The molecule has 3 N–H and O–H groups in total. The van der Waals surface area contributed by atoms with E-state index in [2.05, 4.69) is 43.5 Å². The van der Waals surface area contributed by atoms with Crippen LogP contribution in [0, 0.1) is 11.8 Å². The Bertz CT molecular complexity index is 337. The largest absolute Gasteiger partial charge is 0.271 e. The van der Waals surface area contributed by atoms with E-state index in [1.165, 1.54) is 36.8 Å². The van der Waals surface area contributed by atoms with Crippen LogP contribution in [0.1, 0.15) is 37.8 Å². The summed E-state index contributed by atoms with van der Waals surface area (Å²) in [5, 5.41) is 0. The van der Waals surface area contributed by atoms with Crippen LogP contribution in [0.15, 0.2) is 24.3 Å². The van der Waals surface area contributed by atoms with Gasteiger partial charge in [0, 0.05) is 6.04 Å². The molecule has 0 spiro atoms. The second-order valence-corrected chi connectivity index (χ2v) is 5.40. The molecule has 0 saturated heterocycles. The average molecular weight is 232 g/mol. The maximum absolute atomic E-state index is 5.77. The summed E-state index contributed by atoms with van der Waals surface area (Å²) < 4.78 is 0. The number of hydrogen-bond donors (Lipinski definition) is 2.